The lowest BCUT2D eigenvalue weighted by Crippen LogP contribution is -2.10. The molecule has 2 rings (SSSR count). The van der Waals surface area contributed by atoms with Crippen LogP contribution in [0.5, 0.6) is 5.75 Å². The van der Waals surface area contributed by atoms with Crippen LogP contribution < -0.4 is 10.1 Å². The highest BCUT2D eigenvalue weighted by molar-refractivity contribution is 7.12. The van der Waals surface area contributed by atoms with E-state index in [0.717, 1.165) is 0 Å². The van der Waals surface area contributed by atoms with Gasteiger partial charge in [0.05, 0.1) is 18.2 Å². The summed E-state index contributed by atoms with van der Waals surface area (Å²) >= 11 is 1.33. The van der Waals surface area contributed by atoms with E-state index in [2.05, 4.69) is 15.5 Å². The zero-order valence-corrected chi connectivity index (χ0v) is 8.80. The first-order valence-corrected chi connectivity index (χ1v) is 5.11. The summed E-state index contributed by atoms with van der Waals surface area (Å²) in [6, 6.07) is 3.37. The summed E-state index contributed by atoms with van der Waals surface area (Å²) in [6.45, 7) is 0. The molecule has 0 radical (unpaired) electrons. The summed E-state index contributed by atoms with van der Waals surface area (Å²) < 4.78 is 4.99. The highest BCUT2D eigenvalue weighted by Gasteiger charge is 2.09. The third-order valence-corrected chi connectivity index (χ3v) is 2.69. The van der Waals surface area contributed by atoms with Gasteiger partial charge in [0.2, 0.25) is 0 Å². The third-order valence-electron chi connectivity index (χ3n) is 1.78. The predicted molar refractivity (Wildman–Crippen MR) is 57.4 cm³/mol. The van der Waals surface area contributed by atoms with Gasteiger partial charge in [-0.1, -0.05) is 0 Å². The molecule has 5 nitrogen and oxygen atoms in total. The minimum atomic E-state index is -0.174. The van der Waals surface area contributed by atoms with E-state index in [0.29, 0.717) is 16.4 Å². The molecule has 0 saturated heterocycles. The quantitative estimate of drug-likeness (QED) is 0.832. The predicted octanol–water partition coefficient (Wildman–Crippen LogP) is 1.73. The van der Waals surface area contributed by atoms with Gasteiger partial charge >= 0.3 is 0 Å². The van der Waals surface area contributed by atoms with Gasteiger partial charge in [0.15, 0.2) is 0 Å². The molecular weight excluding hydrogens is 214 g/mol. The van der Waals surface area contributed by atoms with Gasteiger partial charge in [-0.25, -0.2) is 0 Å². The van der Waals surface area contributed by atoms with Crippen molar-refractivity contribution in [3.05, 3.63) is 28.6 Å². The fourth-order valence-electron chi connectivity index (χ4n) is 1.05. The van der Waals surface area contributed by atoms with Gasteiger partial charge in [0.25, 0.3) is 5.91 Å². The molecule has 0 unspecified atom stereocenters. The highest BCUT2D eigenvalue weighted by atomic mass is 32.1. The lowest BCUT2D eigenvalue weighted by molar-refractivity contribution is 0.103. The number of carbonyl (C=O) groups is 1. The van der Waals surface area contributed by atoms with Crippen molar-refractivity contribution in [1.82, 2.24) is 10.2 Å². The molecule has 2 aromatic heterocycles. The second kappa shape index (κ2) is 4.14. The Kier molecular flexibility index (Phi) is 2.68. The van der Waals surface area contributed by atoms with E-state index in [1.54, 1.807) is 30.8 Å². The number of aromatic amines is 1. The summed E-state index contributed by atoms with van der Waals surface area (Å²) in [6.07, 6.45) is 1.57. The molecule has 0 aliphatic carbocycles. The Hall–Kier alpha value is -1.82. The maximum absolute atomic E-state index is 11.6. The van der Waals surface area contributed by atoms with Gasteiger partial charge in [-0.05, 0) is 0 Å². The number of ether oxygens (including phenoxy) is 1. The molecule has 0 aromatic carbocycles. The Morgan fingerprint density at radius 2 is 2.53 bits per heavy atom. The zero-order valence-electron chi connectivity index (χ0n) is 7.98. The van der Waals surface area contributed by atoms with Crippen molar-refractivity contribution in [2.45, 2.75) is 0 Å². The molecule has 0 spiro atoms. The number of hydrogen-bond donors (Lipinski definition) is 2. The maximum atomic E-state index is 11.6. The molecule has 0 aliphatic rings. The van der Waals surface area contributed by atoms with Gasteiger partial charge in [-0.2, -0.15) is 5.10 Å². The van der Waals surface area contributed by atoms with E-state index >= 15 is 0 Å². The van der Waals surface area contributed by atoms with Crippen molar-refractivity contribution < 1.29 is 9.53 Å². The number of amides is 1. The molecular formula is C9H9N3O2S. The van der Waals surface area contributed by atoms with E-state index in [1.807, 2.05) is 0 Å². The van der Waals surface area contributed by atoms with Crippen molar-refractivity contribution >= 4 is 23.1 Å². The standard InChI is InChI=1S/C9H9N3O2S/c1-14-6-4-7(15-5-6)9(13)11-8-2-3-10-12-8/h2-5H,1H3,(H2,10,11,12,13). The van der Waals surface area contributed by atoms with Crippen LogP contribution in [0.4, 0.5) is 5.82 Å². The van der Waals surface area contributed by atoms with Gasteiger partial charge in [-0.15, -0.1) is 11.3 Å². The molecule has 6 heteroatoms. The Balaban J connectivity index is 2.08. The fourth-order valence-corrected chi connectivity index (χ4v) is 1.80. The van der Waals surface area contributed by atoms with Crippen LogP contribution in [0.1, 0.15) is 9.67 Å². The van der Waals surface area contributed by atoms with Crippen molar-refractivity contribution in [3.8, 4) is 5.75 Å². The average Bonchev–Trinajstić information content (AvgIpc) is 2.86. The van der Waals surface area contributed by atoms with Gasteiger partial charge < -0.3 is 10.1 Å². The number of hydrogen-bond acceptors (Lipinski definition) is 4. The van der Waals surface area contributed by atoms with Crippen molar-refractivity contribution in [2.24, 2.45) is 0 Å². The van der Waals surface area contributed by atoms with E-state index in [-0.39, 0.29) is 5.91 Å². The number of nitrogens with zero attached hydrogens (tertiary/aromatic N) is 1. The first-order chi connectivity index (χ1) is 7.29. The van der Waals surface area contributed by atoms with Crippen LogP contribution in [0.15, 0.2) is 23.7 Å². The number of rotatable bonds is 3. The number of carbonyl (C=O) groups excluding carboxylic acids is 1. The summed E-state index contributed by atoms with van der Waals surface area (Å²) in [5.41, 5.74) is 0. The third kappa shape index (κ3) is 2.16. The number of thiophene rings is 1. The Bertz CT molecular complexity index is 450. The molecule has 2 aromatic rings. The summed E-state index contributed by atoms with van der Waals surface area (Å²) in [4.78, 5) is 12.2. The van der Waals surface area contributed by atoms with Crippen LogP contribution in [-0.4, -0.2) is 23.2 Å². The van der Waals surface area contributed by atoms with Crippen LogP contribution in [0, 0.1) is 0 Å². The molecule has 2 N–H and O–H groups in total. The van der Waals surface area contributed by atoms with E-state index < -0.39 is 0 Å². The minimum absolute atomic E-state index is 0.174. The molecule has 15 heavy (non-hydrogen) atoms. The van der Waals surface area contributed by atoms with Crippen LogP contribution in [0.2, 0.25) is 0 Å². The molecule has 0 aliphatic heterocycles. The lowest BCUT2D eigenvalue weighted by atomic mass is 10.4. The van der Waals surface area contributed by atoms with Crippen LogP contribution >= 0.6 is 11.3 Å². The van der Waals surface area contributed by atoms with Gasteiger partial charge in [-0.3, -0.25) is 9.89 Å². The molecule has 0 fully saturated rings. The van der Waals surface area contributed by atoms with Crippen LogP contribution in [-0.2, 0) is 0 Å². The number of aromatic nitrogens is 2. The van der Waals surface area contributed by atoms with Crippen LogP contribution in [0.25, 0.3) is 0 Å². The van der Waals surface area contributed by atoms with Crippen LogP contribution in [0.3, 0.4) is 0 Å². The Morgan fingerprint density at radius 3 is 3.13 bits per heavy atom. The van der Waals surface area contributed by atoms with E-state index in [4.69, 9.17) is 4.74 Å². The summed E-state index contributed by atoms with van der Waals surface area (Å²) in [7, 11) is 1.57. The van der Waals surface area contributed by atoms with E-state index in [1.165, 1.54) is 11.3 Å². The summed E-state index contributed by atoms with van der Waals surface area (Å²) in [5, 5.41) is 10.8. The largest absolute Gasteiger partial charge is 0.496 e. The molecule has 0 bridgehead atoms. The number of methoxy groups -OCH3 is 1. The monoisotopic (exact) mass is 223 g/mol. The normalized spacial score (nSPS) is 9.93. The SMILES string of the molecule is COc1csc(C(=O)Nc2ccn[nH]2)c1. The molecule has 0 atom stereocenters. The first kappa shape index (κ1) is 9.72. The van der Waals surface area contributed by atoms with E-state index in [9.17, 15) is 4.79 Å². The van der Waals surface area contributed by atoms with Gasteiger partial charge in [0, 0.05) is 17.5 Å². The molecule has 1 amide bonds. The minimum Gasteiger partial charge on any atom is -0.496 e. The summed E-state index contributed by atoms with van der Waals surface area (Å²) in [5.74, 6) is 1.09. The molecule has 78 valence electrons. The molecule has 0 saturated carbocycles. The second-order valence-corrected chi connectivity index (χ2v) is 3.69. The van der Waals surface area contributed by atoms with Crippen molar-refractivity contribution in [3.63, 3.8) is 0 Å². The molecule has 2 heterocycles. The van der Waals surface area contributed by atoms with Crippen molar-refractivity contribution in [1.29, 1.82) is 0 Å². The first-order valence-electron chi connectivity index (χ1n) is 4.23. The lowest BCUT2D eigenvalue weighted by Gasteiger charge is -1.98. The number of nitrogens with one attached hydrogen (secondary N) is 2. The topological polar surface area (TPSA) is 67.0 Å². The maximum Gasteiger partial charge on any atom is 0.267 e. The highest BCUT2D eigenvalue weighted by Crippen LogP contribution is 2.21. The number of anilines is 1. The second-order valence-electron chi connectivity index (χ2n) is 2.78. The van der Waals surface area contributed by atoms with Crippen molar-refractivity contribution in [2.75, 3.05) is 12.4 Å². The smallest absolute Gasteiger partial charge is 0.267 e. The van der Waals surface area contributed by atoms with Gasteiger partial charge in [0.1, 0.15) is 11.6 Å². The Morgan fingerprint density at radius 1 is 1.67 bits per heavy atom. The zero-order chi connectivity index (χ0) is 10.7. The average molecular weight is 223 g/mol. The Labute approximate surface area is 90.1 Å². The fraction of sp³-hybridized carbons (Fsp3) is 0.111. The number of H-pyrrole nitrogens is 1.